The van der Waals surface area contributed by atoms with Gasteiger partial charge in [-0.1, -0.05) is 6.92 Å². The smallest absolute Gasteiger partial charge is 0.127 e. The Balaban J connectivity index is 1.93. The number of benzene rings is 1. The average molecular weight is 237 g/mol. The van der Waals surface area contributed by atoms with Crippen LogP contribution < -0.4 is 10.1 Å². The minimum absolute atomic E-state index is 0.213. The summed E-state index contributed by atoms with van der Waals surface area (Å²) in [6.07, 6.45) is 0. The van der Waals surface area contributed by atoms with E-state index in [-0.39, 0.29) is 11.8 Å². The van der Waals surface area contributed by atoms with E-state index < -0.39 is 0 Å². The van der Waals surface area contributed by atoms with Gasteiger partial charge < -0.3 is 19.9 Å². The first-order valence-corrected chi connectivity index (χ1v) is 5.88. The van der Waals surface area contributed by atoms with Crippen LogP contribution in [0.25, 0.3) is 0 Å². The van der Waals surface area contributed by atoms with Crippen molar-refractivity contribution in [1.29, 1.82) is 0 Å². The summed E-state index contributed by atoms with van der Waals surface area (Å²) >= 11 is 0. The third-order valence-corrected chi connectivity index (χ3v) is 2.94. The van der Waals surface area contributed by atoms with Gasteiger partial charge in [0.1, 0.15) is 18.1 Å². The van der Waals surface area contributed by atoms with Crippen LogP contribution in [0.3, 0.4) is 0 Å². The molecular weight excluding hydrogens is 218 g/mol. The molecule has 0 amide bonds. The van der Waals surface area contributed by atoms with Crippen molar-refractivity contribution < 1.29 is 14.6 Å². The predicted molar refractivity (Wildman–Crippen MR) is 65.4 cm³/mol. The molecule has 4 nitrogen and oxygen atoms in total. The molecule has 4 heteroatoms. The summed E-state index contributed by atoms with van der Waals surface area (Å²) < 4.78 is 10.6. The number of fused-ring (bicyclic) bond motifs is 1. The lowest BCUT2D eigenvalue weighted by Gasteiger charge is -2.15. The molecule has 0 fully saturated rings. The molecule has 1 heterocycles. The first kappa shape index (κ1) is 12.2. The van der Waals surface area contributed by atoms with Crippen LogP contribution in [0.4, 0.5) is 0 Å². The molecular formula is C13H19NO3. The highest BCUT2D eigenvalue weighted by Gasteiger charge is 2.24. The molecule has 1 aliphatic heterocycles. The van der Waals surface area contributed by atoms with Crippen molar-refractivity contribution in [3.8, 4) is 11.5 Å². The van der Waals surface area contributed by atoms with E-state index in [0.29, 0.717) is 12.5 Å². The van der Waals surface area contributed by atoms with Gasteiger partial charge in [-0.2, -0.15) is 0 Å². The summed E-state index contributed by atoms with van der Waals surface area (Å²) in [6, 6.07) is 5.48. The summed E-state index contributed by atoms with van der Waals surface area (Å²) in [4.78, 5) is 0. The van der Waals surface area contributed by atoms with E-state index in [2.05, 4.69) is 12.2 Å². The lowest BCUT2D eigenvalue weighted by molar-refractivity contribution is 0.155. The van der Waals surface area contributed by atoms with Crippen molar-refractivity contribution in [3.05, 3.63) is 23.8 Å². The van der Waals surface area contributed by atoms with Crippen molar-refractivity contribution in [2.45, 2.75) is 13.0 Å². The molecule has 0 radical (unpaired) electrons. The molecule has 0 aliphatic carbocycles. The van der Waals surface area contributed by atoms with Crippen molar-refractivity contribution in [3.63, 3.8) is 0 Å². The van der Waals surface area contributed by atoms with E-state index in [1.165, 1.54) is 0 Å². The predicted octanol–water partition coefficient (Wildman–Crippen LogP) is 1.70. The summed E-state index contributed by atoms with van der Waals surface area (Å²) in [6.45, 7) is 4.41. The van der Waals surface area contributed by atoms with Gasteiger partial charge in [-0.05, 0) is 18.1 Å². The molecule has 1 aromatic rings. The van der Waals surface area contributed by atoms with Crippen molar-refractivity contribution >= 4 is 0 Å². The molecule has 0 spiro atoms. The Morgan fingerprint density at radius 2 is 2.41 bits per heavy atom. The maximum absolute atomic E-state index is 9.35. The fourth-order valence-corrected chi connectivity index (χ4v) is 2.05. The van der Waals surface area contributed by atoms with Crippen LogP contribution in [-0.4, -0.2) is 32.0 Å². The maximum atomic E-state index is 9.35. The van der Waals surface area contributed by atoms with Gasteiger partial charge in [-0.15, -0.1) is 0 Å². The van der Waals surface area contributed by atoms with E-state index in [0.717, 1.165) is 24.5 Å². The number of methoxy groups -OCH3 is 1. The average Bonchev–Trinajstić information content (AvgIpc) is 2.69. The second kappa shape index (κ2) is 5.38. The van der Waals surface area contributed by atoms with E-state index in [9.17, 15) is 5.11 Å². The summed E-state index contributed by atoms with van der Waals surface area (Å²) in [5.74, 6) is 1.50. The summed E-state index contributed by atoms with van der Waals surface area (Å²) in [7, 11) is 1.72. The maximum Gasteiger partial charge on any atom is 0.127 e. The molecule has 1 aromatic carbocycles. The number of phenols is 1. The van der Waals surface area contributed by atoms with Crippen molar-refractivity contribution in [2.75, 3.05) is 26.9 Å². The van der Waals surface area contributed by atoms with Crippen LogP contribution in [-0.2, 0) is 4.74 Å². The van der Waals surface area contributed by atoms with Crippen LogP contribution in [0.2, 0.25) is 0 Å². The molecule has 2 atom stereocenters. The minimum atomic E-state index is 0.213. The van der Waals surface area contributed by atoms with Gasteiger partial charge in [0.15, 0.2) is 0 Å². The number of ether oxygens (including phenoxy) is 2. The molecule has 17 heavy (non-hydrogen) atoms. The van der Waals surface area contributed by atoms with E-state index >= 15 is 0 Å². The van der Waals surface area contributed by atoms with Crippen LogP contribution in [0.5, 0.6) is 11.5 Å². The molecule has 0 bridgehead atoms. The second-order valence-electron chi connectivity index (χ2n) is 4.55. The second-order valence-corrected chi connectivity index (χ2v) is 4.55. The van der Waals surface area contributed by atoms with Crippen LogP contribution in [0.1, 0.15) is 18.5 Å². The van der Waals surface area contributed by atoms with Gasteiger partial charge in [0.25, 0.3) is 0 Å². The molecule has 94 valence electrons. The Labute approximate surface area is 102 Å². The van der Waals surface area contributed by atoms with E-state index in [4.69, 9.17) is 9.47 Å². The van der Waals surface area contributed by atoms with E-state index in [1.54, 1.807) is 19.2 Å². The number of hydrogen-bond acceptors (Lipinski definition) is 4. The van der Waals surface area contributed by atoms with Gasteiger partial charge in [0.2, 0.25) is 0 Å². The molecule has 1 aliphatic rings. The van der Waals surface area contributed by atoms with Gasteiger partial charge in [0.05, 0.1) is 6.04 Å². The molecule has 2 N–H and O–H groups in total. The van der Waals surface area contributed by atoms with Gasteiger partial charge in [-0.25, -0.2) is 0 Å². The Bertz CT molecular complexity index is 381. The number of aromatic hydroxyl groups is 1. The number of phenolic OH excluding ortho intramolecular Hbond substituents is 1. The fraction of sp³-hybridized carbons (Fsp3) is 0.538. The van der Waals surface area contributed by atoms with Crippen LogP contribution in [0, 0.1) is 5.92 Å². The Kier molecular flexibility index (Phi) is 3.86. The van der Waals surface area contributed by atoms with Crippen molar-refractivity contribution in [2.24, 2.45) is 5.92 Å². The lowest BCUT2D eigenvalue weighted by atomic mass is 10.1. The first-order valence-electron chi connectivity index (χ1n) is 5.88. The van der Waals surface area contributed by atoms with E-state index in [1.807, 2.05) is 6.07 Å². The standard InChI is InChI=1S/C13H19NO3/c1-9(7-16-2)6-14-12-8-17-13-5-10(15)3-4-11(12)13/h3-5,9,12,14-15H,6-8H2,1-2H3. The number of rotatable bonds is 5. The normalized spacial score (nSPS) is 19.8. The lowest BCUT2D eigenvalue weighted by Crippen LogP contribution is -2.28. The minimum Gasteiger partial charge on any atom is -0.508 e. The molecule has 2 unspecified atom stereocenters. The van der Waals surface area contributed by atoms with Crippen molar-refractivity contribution in [1.82, 2.24) is 5.32 Å². The zero-order valence-corrected chi connectivity index (χ0v) is 10.3. The highest BCUT2D eigenvalue weighted by atomic mass is 16.5. The van der Waals surface area contributed by atoms with Crippen LogP contribution in [0.15, 0.2) is 18.2 Å². The Morgan fingerprint density at radius 1 is 1.59 bits per heavy atom. The Hall–Kier alpha value is -1.26. The number of nitrogens with one attached hydrogen (secondary N) is 1. The molecule has 2 rings (SSSR count). The van der Waals surface area contributed by atoms with Gasteiger partial charge in [-0.3, -0.25) is 0 Å². The highest BCUT2D eigenvalue weighted by molar-refractivity contribution is 5.44. The fourth-order valence-electron chi connectivity index (χ4n) is 2.05. The SMILES string of the molecule is COCC(C)CNC1COc2cc(O)ccc21. The zero-order valence-electron chi connectivity index (χ0n) is 10.3. The highest BCUT2D eigenvalue weighted by Crippen LogP contribution is 2.34. The summed E-state index contributed by atoms with van der Waals surface area (Å²) in [5, 5.41) is 12.8. The monoisotopic (exact) mass is 237 g/mol. The molecule has 0 aromatic heterocycles. The largest absolute Gasteiger partial charge is 0.508 e. The van der Waals surface area contributed by atoms with Gasteiger partial charge in [0, 0.05) is 31.9 Å². The molecule has 0 saturated heterocycles. The Morgan fingerprint density at radius 3 is 3.18 bits per heavy atom. The quantitative estimate of drug-likeness (QED) is 0.818. The topological polar surface area (TPSA) is 50.7 Å². The molecule has 0 saturated carbocycles. The summed E-state index contributed by atoms with van der Waals surface area (Å²) in [5.41, 5.74) is 1.12. The van der Waals surface area contributed by atoms with Gasteiger partial charge >= 0.3 is 0 Å². The number of hydrogen-bond donors (Lipinski definition) is 2. The zero-order chi connectivity index (χ0) is 12.3. The third kappa shape index (κ3) is 2.90. The third-order valence-electron chi connectivity index (χ3n) is 2.94. The first-order chi connectivity index (χ1) is 8.20. The van der Waals surface area contributed by atoms with Crippen LogP contribution >= 0.6 is 0 Å².